The van der Waals surface area contributed by atoms with E-state index in [1.165, 1.54) is 0 Å². The van der Waals surface area contributed by atoms with Gasteiger partial charge in [0.05, 0.1) is 8.07 Å². The summed E-state index contributed by atoms with van der Waals surface area (Å²) in [7, 11) is -2.33. The van der Waals surface area contributed by atoms with E-state index in [4.69, 9.17) is 0 Å². The lowest BCUT2D eigenvalue weighted by Gasteiger charge is -2.39. The van der Waals surface area contributed by atoms with Crippen LogP contribution in [-0.4, -0.2) is 20.5 Å². The van der Waals surface area contributed by atoms with Gasteiger partial charge in [-0.15, -0.1) is 0 Å². The molecule has 3 aliphatic rings. The highest BCUT2D eigenvalue weighted by Gasteiger charge is 2.56. The van der Waals surface area contributed by atoms with E-state index >= 15 is 0 Å². The molecule has 4 rings (SSSR count). The molecular weight excluding hydrogens is 226 g/mol. The second-order valence-electron chi connectivity index (χ2n) is 6.87. The Hall–Kier alpha value is -0.546. The summed E-state index contributed by atoms with van der Waals surface area (Å²) in [5, 5.41) is 1.78. The fourth-order valence-corrected chi connectivity index (χ4v) is 9.76. The van der Waals surface area contributed by atoms with Crippen molar-refractivity contribution in [3.05, 3.63) is 29.1 Å². The Labute approximate surface area is 100 Å². The van der Waals surface area contributed by atoms with Crippen molar-refractivity contribution in [3.8, 4) is 0 Å². The third-order valence-electron chi connectivity index (χ3n) is 4.38. The molecule has 1 nitrogen and oxygen atoms in total. The van der Waals surface area contributed by atoms with Crippen LogP contribution in [0.5, 0.6) is 0 Å². The molecule has 0 spiro atoms. The molecule has 0 amide bonds. The second-order valence-corrected chi connectivity index (χ2v) is 16.2. The SMILES string of the molecule is CC1=C2c3c(ccn3[Si](C)(C)C)C1[Si]2(C)C. The molecule has 0 fully saturated rings. The normalized spacial score (nSPS) is 25.8. The Morgan fingerprint density at radius 3 is 2.38 bits per heavy atom. The van der Waals surface area contributed by atoms with Gasteiger partial charge in [-0.1, -0.05) is 38.3 Å². The molecule has 2 aliphatic heterocycles. The van der Waals surface area contributed by atoms with Crippen molar-refractivity contribution in [1.29, 1.82) is 0 Å². The van der Waals surface area contributed by atoms with Gasteiger partial charge in [0.25, 0.3) is 0 Å². The van der Waals surface area contributed by atoms with Gasteiger partial charge >= 0.3 is 0 Å². The van der Waals surface area contributed by atoms with Gasteiger partial charge in [-0.3, -0.25) is 0 Å². The Morgan fingerprint density at radius 2 is 1.88 bits per heavy atom. The molecule has 16 heavy (non-hydrogen) atoms. The van der Waals surface area contributed by atoms with E-state index in [-0.39, 0.29) is 0 Å². The molecule has 0 aromatic carbocycles. The maximum absolute atomic E-state index is 2.63. The van der Waals surface area contributed by atoms with Gasteiger partial charge in [-0.2, -0.15) is 0 Å². The van der Waals surface area contributed by atoms with E-state index in [0.29, 0.717) is 0 Å². The number of nitrogens with zero attached hydrogens (tertiary/aromatic N) is 1. The van der Waals surface area contributed by atoms with Crippen molar-refractivity contribution >= 4 is 21.5 Å². The highest BCUT2D eigenvalue weighted by atomic mass is 28.3. The second kappa shape index (κ2) is 2.64. The van der Waals surface area contributed by atoms with Crippen LogP contribution in [0.3, 0.4) is 0 Å². The Bertz CT molecular complexity index is 515. The summed E-state index contributed by atoms with van der Waals surface area (Å²) in [6.45, 7) is 14.7. The molecule has 1 aromatic rings. The van der Waals surface area contributed by atoms with Crippen molar-refractivity contribution in [2.24, 2.45) is 0 Å². The van der Waals surface area contributed by atoms with Crippen LogP contribution in [0.1, 0.15) is 23.7 Å². The van der Waals surface area contributed by atoms with Gasteiger partial charge in [0.15, 0.2) is 8.24 Å². The van der Waals surface area contributed by atoms with Gasteiger partial charge in [0.2, 0.25) is 0 Å². The number of allylic oxidation sites excluding steroid dienone is 1. The summed E-state index contributed by atoms with van der Waals surface area (Å²) in [5.41, 5.74) is 5.83. The molecule has 0 saturated heterocycles. The van der Waals surface area contributed by atoms with E-state index in [1.807, 2.05) is 0 Å². The summed E-state index contributed by atoms with van der Waals surface area (Å²) in [6, 6.07) is 2.40. The van der Waals surface area contributed by atoms with E-state index in [1.54, 1.807) is 22.0 Å². The quantitative estimate of drug-likeness (QED) is 0.665. The smallest absolute Gasteiger partial charge is 0.152 e. The van der Waals surface area contributed by atoms with Crippen LogP contribution in [0.4, 0.5) is 0 Å². The standard InChI is InChI=1S/C13H21NSi2/c1-9-12-10-7-8-14(15(2,3)4)11(10)13(9)16(12,5)6/h7-8,12H,1-6H3. The minimum Gasteiger partial charge on any atom is -0.375 e. The highest BCUT2D eigenvalue weighted by molar-refractivity contribution is 7.01. The largest absolute Gasteiger partial charge is 0.375 e. The monoisotopic (exact) mass is 247 g/mol. The molecule has 1 aliphatic carbocycles. The number of hydrogen-bond acceptors (Lipinski definition) is 0. The lowest BCUT2D eigenvalue weighted by molar-refractivity contribution is 1.06. The first kappa shape index (κ1) is 10.6. The molecule has 1 atom stereocenters. The van der Waals surface area contributed by atoms with Gasteiger partial charge in [-0.05, 0) is 29.9 Å². The van der Waals surface area contributed by atoms with Gasteiger partial charge < -0.3 is 4.23 Å². The minimum atomic E-state index is -1.24. The maximum Gasteiger partial charge on any atom is 0.152 e. The molecule has 1 unspecified atom stereocenters. The van der Waals surface area contributed by atoms with Crippen molar-refractivity contribution < 1.29 is 0 Å². The average molecular weight is 247 g/mol. The van der Waals surface area contributed by atoms with Crippen molar-refractivity contribution in [3.63, 3.8) is 0 Å². The van der Waals surface area contributed by atoms with Crippen molar-refractivity contribution in [2.45, 2.75) is 45.2 Å². The predicted molar refractivity (Wildman–Crippen MR) is 76.0 cm³/mol. The molecule has 2 bridgehead atoms. The van der Waals surface area contributed by atoms with E-state index in [9.17, 15) is 0 Å². The molecule has 0 saturated carbocycles. The molecule has 0 radical (unpaired) electrons. The molecule has 0 N–H and O–H groups in total. The third-order valence-corrected chi connectivity index (χ3v) is 10.3. The summed E-state index contributed by atoms with van der Waals surface area (Å²) in [6.07, 6.45) is 2.35. The highest BCUT2D eigenvalue weighted by Crippen LogP contribution is 2.61. The van der Waals surface area contributed by atoms with Crippen molar-refractivity contribution in [2.75, 3.05) is 0 Å². The zero-order valence-corrected chi connectivity index (χ0v) is 13.2. The lowest BCUT2D eigenvalue weighted by Crippen LogP contribution is -2.42. The summed E-state index contributed by atoms with van der Waals surface area (Å²) in [5.74, 6) is 0. The summed E-state index contributed by atoms with van der Waals surface area (Å²) < 4.78 is 2.63. The first-order valence-corrected chi connectivity index (χ1v) is 12.7. The van der Waals surface area contributed by atoms with Gasteiger partial charge in [0.1, 0.15) is 0 Å². The fourth-order valence-electron chi connectivity index (χ4n) is 3.88. The van der Waals surface area contributed by atoms with Crippen molar-refractivity contribution in [1.82, 2.24) is 4.23 Å². The third kappa shape index (κ3) is 0.967. The number of hydrogen-bond donors (Lipinski definition) is 0. The van der Waals surface area contributed by atoms with E-state index in [0.717, 1.165) is 5.54 Å². The molecule has 86 valence electrons. The maximum atomic E-state index is 2.63. The van der Waals surface area contributed by atoms with E-state index < -0.39 is 16.3 Å². The Balaban J connectivity index is 2.23. The van der Waals surface area contributed by atoms with Crippen LogP contribution in [0.15, 0.2) is 17.8 Å². The van der Waals surface area contributed by atoms with Crippen LogP contribution in [0, 0.1) is 0 Å². The number of aromatic nitrogens is 1. The molecule has 1 aromatic heterocycles. The topological polar surface area (TPSA) is 4.93 Å². The van der Waals surface area contributed by atoms with Crippen LogP contribution in [0.2, 0.25) is 32.7 Å². The molecule has 3 heterocycles. The Morgan fingerprint density at radius 1 is 1.25 bits per heavy atom. The van der Waals surface area contributed by atoms with Crippen LogP contribution in [-0.2, 0) is 0 Å². The summed E-state index contributed by atoms with van der Waals surface area (Å²) in [4.78, 5) is 0. The summed E-state index contributed by atoms with van der Waals surface area (Å²) >= 11 is 0. The molecular formula is C13H21NSi2. The predicted octanol–water partition coefficient (Wildman–Crippen LogP) is 3.84. The van der Waals surface area contributed by atoms with Crippen LogP contribution in [0.25, 0.3) is 5.20 Å². The minimum absolute atomic E-state index is 0.843. The van der Waals surface area contributed by atoms with Gasteiger partial charge in [-0.25, -0.2) is 0 Å². The first-order chi connectivity index (χ1) is 7.26. The van der Waals surface area contributed by atoms with E-state index in [2.05, 4.69) is 56.2 Å². The Kier molecular flexibility index (Phi) is 1.75. The van der Waals surface area contributed by atoms with Crippen LogP contribution >= 0.6 is 0 Å². The number of rotatable bonds is 1. The van der Waals surface area contributed by atoms with Crippen LogP contribution < -0.4 is 0 Å². The molecule has 3 heteroatoms. The zero-order valence-electron chi connectivity index (χ0n) is 11.2. The lowest BCUT2D eigenvalue weighted by atomic mass is 10.2. The van der Waals surface area contributed by atoms with Gasteiger partial charge in [0, 0.05) is 11.2 Å². The fraction of sp³-hybridized carbons (Fsp3) is 0.538. The zero-order chi connectivity index (χ0) is 11.9. The average Bonchev–Trinajstić information content (AvgIpc) is 2.62. The first-order valence-electron chi connectivity index (χ1n) is 6.19.